The Kier molecular flexibility index (Phi) is 14.3. The Hall–Kier alpha value is -5.81. The van der Waals surface area contributed by atoms with Crippen molar-refractivity contribution in [3.8, 4) is 11.5 Å². The molecule has 3 aromatic carbocycles. The minimum Gasteiger partial charge on any atom is -0.467 e. The second-order valence-corrected chi connectivity index (χ2v) is 14.4. The van der Waals surface area contributed by atoms with Gasteiger partial charge in [0.25, 0.3) is 0 Å². The highest BCUT2D eigenvalue weighted by Gasteiger charge is 2.55. The summed E-state index contributed by atoms with van der Waals surface area (Å²) in [4.78, 5) is 77.4. The Morgan fingerprint density at radius 3 is 2.02 bits per heavy atom. The third-order valence-corrected chi connectivity index (χ3v) is 9.75. The van der Waals surface area contributed by atoms with Gasteiger partial charge in [-0.15, -0.1) is 11.6 Å². The van der Waals surface area contributed by atoms with Gasteiger partial charge in [0.1, 0.15) is 18.1 Å². The number of likely N-dealkylation sites (N-methyl/N-ethyl adjacent to an activating group) is 2. The minimum atomic E-state index is -1.62. The summed E-state index contributed by atoms with van der Waals surface area (Å²) in [6, 6.07) is 15.7. The molecule has 17 nitrogen and oxygen atoms in total. The SMILES string of the molecule is COC(=O)[C@H]1O[C@@H](Oc2ccc(COC(=O)N(C)CCN(C)C(=O)Oc3cc4c(c5ccccc35)[C@H]([C@@H](C)Cl)CN4)cc2)[C@H](OC(C)=O)[C@@H](OC(C)=O)[C@@H]1OC(C)=O. The molecule has 1 saturated heterocycles. The summed E-state index contributed by atoms with van der Waals surface area (Å²) in [5.41, 5.74) is 2.54. The first-order chi connectivity index (χ1) is 27.6. The lowest BCUT2D eigenvalue weighted by atomic mass is 9.92. The number of nitrogens with one attached hydrogen (secondary N) is 1. The van der Waals surface area contributed by atoms with Gasteiger partial charge in [-0.25, -0.2) is 14.4 Å². The lowest BCUT2D eigenvalue weighted by molar-refractivity contribution is -0.282. The maximum absolute atomic E-state index is 13.1. The monoisotopic (exact) mass is 827 g/mol. The molecule has 0 radical (unpaired) electrons. The molecule has 0 aromatic heterocycles. The van der Waals surface area contributed by atoms with Crippen molar-refractivity contribution < 1.29 is 66.7 Å². The Morgan fingerprint density at radius 2 is 1.41 bits per heavy atom. The van der Waals surface area contributed by atoms with Gasteiger partial charge in [-0.1, -0.05) is 36.4 Å². The Morgan fingerprint density at radius 1 is 0.828 bits per heavy atom. The molecule has 1 fully saturated rings. The number of nitrogens with zero attached hydrogens (tertiary/aromatic N) is 2. The molecular formula is C40H46ClN3O14. The Bertz CT molecular complexity index is 2010. The van der Waals surface area contributed by atoms with Gasteiger partial charge in [-0.3, -0.25) is 14.4 Å². The summed E-state index contributed by atoms with van der Waals surface area (Å²) in [6.07, 6.45) is -8.92. The van der Waals surface area contributed by atoms with Gasteiger partial charge < -0.3 is 53.0 Å². The predicted molar refractivity (Wildman–Crippen MR) is 206 cm³/mol. The van der Waals surface area contributed by atoms with E-state index in [9.17, 15) is 28.8 Å². The highest BCUT2D eigenvalue weighted by molar-refractivity contribution is 6.21. The zero-order chi connectivity index (χ0) is 42.3. The molecule has 7 atom stereocenters. The summed E-state index contributed by atoms with van der Waals surface area (Å²) in [7, 11) is 4.19. The second kappa shape index (κ2) is 19.1. The van der Waals surface area contributed by atoms with Gasteiger partial charge in [-0.2, -0.15) is 0 Å². The van der Waals surface area contributed by atoms with Crippen molar-refractivity contribution in [3.05, 3.63) is 65.7 Å². The van der Waals surface area contributed by atoms with Crippen LogP contribution in [0.1, 0.15) is 44.7 Å². The molecular weight excluding hydrogens is 782 g/mol. The molecule has 0 saturated carbocycles. The van der Waals surface area contributed by atoms with Crippen LogP contribution in [0.2, 0.25) is 0 Å². The number of esters is 4. The van der Waals surface area contributed by atoms with Crippen molar-refractivity contribution in [3.63, 3.8) is 0 Å². The topological polar surface area (TPSA) is 195 Å². The average molecular weight is 828 g/mol. The second-order valence-electron chi connectivity index (χ2n) is 13.7. The molecule has 2 aliphatic rings. The zero-order valence-corrected chi connectivity index (χ0v) is 33.8. The van der Waals surface area contributed by atoms with Crippen LogP contribution in [0.3, 0.4) is 0 Å². The summed E-state index contributed by atoms with van der Waals surface area (Å²) in [6.45, 7) is 6.07. The van der Waals surface area contributed by atoms with Crippen molar-refractivity contribution in [2.24, 2.45) is 0 Å². The molecule has 0 unspecified atom stereocenters. The van der Waals surface area contributed by atoms with Crippen LogP contribution in [0.4, 0.5) is 15.3 Å². The molecule has 5 rings (SSSR count). The first-order valence-corrected chi connectivity index (χ1v) is 18.8. The molecule has 18 heteroatoms. The van der Waals surface area contributed by atoms with Gasteiger partial charge in [-0.05, 0) is 35.6 Å². The van der Waals surface area contributed by atoms with Crippen molar-refractivity contribution >= 4 is 64.1 Å². The average Bonchev–Trinajstić information content (AvgIpc) is 3.62. The van der Waals surface area contributed by atoms with E-state index in [1.54, 1.807) is 19.2 Å². The molecule has 2 amide bonds. The number of ether oxygens (including phenoxy) is 8. The molecule has 58 heavy (non-hydrogen) atoms. The molecule has 312 valence electrons. The van der Waals surface area contributed by atoms with Crippen LogP contribution in [0, 0.1) is 0 Å². The first-order valence-electron chi connectivity index (χ1n) is 18.3. The first kappa shape index (κ1) is 43.3. The van der Waals surface area contributed by atoms with E-state index in [0.29, 0.717) is 17.9 Å². The van der Waals surface area contributed by atoms with Crippen molar-refractivity contribution in [1.29, 1.82) is 0 Å². The highest BCUT2D eigenvalue weighted by atomic mass is 35.5. The number of hydrogen-bond donors (Lipinski definition) is 1. The fraction of sp³-hybridized carbons (Fsp3) is 0.450. The number of amides is 2. The van der Waals surface area contributed by atoms with E-state index >= 15 is 0 Å². The van der Waals surface area contributed by atoms with Gasteiger partial charge in [0, 0.05) is 82.9 Å². The van der Waals surface area contributed by atoms with Crippen LogP contribution >= 0.6 is 11.6 Å². The quantitative estimate of drug-likeness (QED) is 0.141. The number of methoxy groups -OCH3 is 1. The van der Waals surface area contributed by atoms with E-state index in [0.717, 1.165) is 49.9 Å². The van der Waals surface area contributed by atoms with Crippen molar-refractivity contribution in [2.75, 3.05) is 46.2 Å². The maximum atomic E-state index is 13.1. The number of fused-ring (bicyclic) bond motifs is 3. The van der Waals surface area contributed by atoms with E-state index in [4.69, 9.17) is 49.5 Å². The Labute approximate surface area is 339 Å². The van der Waals surface area contributed by atoms with E-state index in [2.05, 4.69) is 5.32 Å². The molecule has 0 aliphatic carbocycles. The van der Waals surface area contributed by atoms with E-state index in [1.807, 2.05) is 37.3 Å². The molecule has 0 spiro atoms. The third-order valence-electron chi connectivity index (χ3n) is 9.45. The smallest absolute Gasteiger partial charge is 0.415 e. The van der Waals surface area contributed by atoms with Crippen LogP contribution in [0.25, 0.3) is 10.8 Å². The molecule has 0 bridgehead atoms. The number of halogens is 1. The summed E-state index contributed by atoms with van der Waals surface area (Å²) in [5, 5.41) is 5.04. The minimum absolute atomic E-state index is 0.0891. The number of rotatable bonds is 13. The number of carbonyl (C=O) groups is 6. The highest BCUT2D eigenvalue weighted by Crippen LogP contribution is 2.44. The van der Waals surface area contributed by atoms with E-state index in [1.165, 1.54) is 29.0 Å². The number of anilines is 1. The standard InChI is InChI=1S/C40H46ClN3O14/c1-21(41)29-19-42-30-18-31(27-10-8-9-11-28(27)32(29)30)57-40(50)44(6)17-16-43(5)39(49)52-20-25-12-14-26(15-13-25)56-38-36(55-24(4)47)34(54-23(3)46)33(53-22(2)45)35(58-38)37(48)51-7/h8-15,18,21,29,33-36,38,42H,16-17,19-20H2,1-7H3/t21-,29+,33+,34+,35+,36-,38-/m1/s1. The van der Waals surface area contributed by atoms with Gasteiger partial charge >= 0.3 is 36.1 Å². The lowest BCUT2D eigenvalue weighted by Gasteiger charge is -2.43. The number of benzene rings is 3. The predicted octanol–water partition coefficient (Wildman–Crippen LogP) is 4.75. The number of hydrogen-bond acceptors (Lipinski definition) is 15. The summed E-state index contributed by atoms with van der Waals surface area (Å²) in [5.74, 6) is -2.74. The van der Waals surface area contributed by atoms with Crippen LogP contribution < -0.4 is 14.8 Å². The Balaban J connectivity index is 1.16. The van der Waals surface area contributed by atoms with Crippen LogP contribution in [0.5, 0.6) is 11.5 Å². The molecule has 2 heterocycles. The third kappa shape index (κ3) is 10.4. The molecule has 2 aliphatic heterocycles. The van der Waals surface area contributed by atoms with Gasteiger partial charge in [0.05, 0.1) is 7.11 Å². The van der Waals surface area contributed by atoms with Crippen molar-refractivity contribution in [2.45, 2.75) is 76.3 Å². The van der Waals surface area contributed by atoms with E-state index in [-0.39, 0.29) is 36.7 Å². The normalized spacial score (nSPS) is 21.3. The molecule has 1 N–H and O–H groups in total. The largest absolute Gasteiger partial charge is 0.467 e. The number of carbonyl (C=O) groups excluding carboxylic acids is 6. The maximum Gasteiger partial charge on any atom is 0.415 e. The number of alkyl halides is 1. The lowest BCUT2D eigenvalue weighted by Crippen LogP contribution is -2.64. The fourth-order valence-corrected chi connectivity index (χ4v) is 6.81. The van der Waals surface area contributed by atoms with Crippen LogP contribution in [-0.4, -0.2) is 123 Å². The summed E-state index contributed by atoms with van der Waals surface area (Å²) >= 11 is 6.48. The fourth-order valence-electron chi connectivity index (χ4n) is 6.59. The van der Waals surface area contributed by atoms with E-state index < -0.39 is 66.8 Å². The van der Waals surface area contributed by atoms with Crippen molar-refractivity contribution in [1.82, 2.24) is 9.80 Å². The van der Waals surface area contributed by atoms with Crippen LogP contribution in [-0.2, 0) is 54.2 Å². The molecule has 3 aromatic rings. The summed E-state index contributed by atoms with van der Waals surface area (Å²) < 4.78 is 43.8. The zero-order valence-electron chi connectivity index (χ0n) is 33.1. The van der Waals surface area contributed by atoms with Crippen LogP contribution in [0.15, 0.2) is 54.6 Å². The van der Waals surface area contributed by atoms with Gasteiger partial charge in [0.15, 0.2) is 18.3 Å². The van der Waals surface area contributed by atoms with Gasteiger partial charge in [0.2, 0.25) is 12.4 Å².